The van der Waals surface area contributed by atoms with Crippen LogP contribution in [0.15, 0.2) is 47.4 Å². The van der Waals surface area contributed by atoms with Crippen LogP contribution in [0.25, 0.3) is 0 Å². The first-order valence-corrected chi connectivity index (χ1v) is 9.99. The van der Waals surface area contributed by atoms with E-state index in [0.717, 1.165) is 30.5 Å². The van der Waals surface area contributed by atoms with E-state index in [-0.39, 0.29) is 11.6 Å². The van der Waals surface area contributed by atoms with Gasteiger partial charge in [0.1, 0.15) is 16.5 Å². The number of nitrogens with zero attached hydrogens (tertiary/aromatic N) is 1. The van der Waals surface area contributed by atoms with Crippen LogP contribution in [0.4, 0.5) is 4.39 Å². The Morgan fingerprint density at radius 1 is 1.26 bits per heavy atom. The van der Waals surface area contributed by atoms with Crippen molar-refractivity contribution in [1.29, 1.82) is 0 Å². The third-order valence-electron chi connectivity index (χ3n) is 4.27. The second-order valence-electron chi connectivity index (χ2n) is 6.55. The quantitative estimate of drug-likeness (QED) is 0.786. The highest BCUT2D eigenvalue weighted by Crippen LogP contribution is 2.24. The van der Waals surface area contributed by atoms with Gasteiger partial charge in [-0.2, -0.15) is 0 Å². The number of halogens is 1. The Hall–Kier alpha value is -2.45. The number of benzene rings is 2. The van der Waals surface area contributed by atoms with Crippen molar-refractivity contribution in [2.45, 2.75) is 30.3 Å². The standard InChI is InChI=1S/C19H21FN2O4S/c1-22(12-13-4-3-5-16(10-13)26-2)19(23)14-6-9-17(20)18(11-14)27(24,25)21-15-7-8-15/h3-6,9-11,15,21H,7-8,12H2,1-2H3. The first-order valence-electron chi connectivity index (χ1n) is 8.50. The molecule has 0 saturated heterocycles. The molecule has 1 fully saturated rings. The largest absolute Gasteiger partial charge is 0.497 e. The summed E-state index contributed by atoms with van der Waals surface area (Å²) in [5.41, 5.74) is 0.966. The van der Waals surface area contributed by atoms with Gasteiger partial charge in [0.25, 0.3) is 5.91 Å². The molecule has 3 rings (SSSR count). The van der Waals surface area contributed by atoms with Crippen LogP contribution in [-0.2, 0) is 16.6 Å². The highest BCUT2D eigenvalue weighted by atomic mass is 32.2. The van der Waals surface area contributed by atoms with Gasteiger partial charge in [0, 0.05) is 25.2 Å². The Labute approximate surface area is 158 Å². The number of carbonyl (C=O) groups is 1. The van der Waals surface area contributed by atoms with E-state index in [2.05, 4.69) is 4.72 Å². The molecule has 1 aliphatic rings. The van der Waals surface area contributed by atoms with E-state index >= 15 is 0 Å². The lowest BCUT2D eigenvalue weighted by Crippen LogP contribution is -2.28. The zero-order valence-corrected chi connectivity index (χ0v) is 15.9. The van der Waals surface area contributed by atoms with Crippen molar-refractivity contribution < 1.29 is 22.3 Å². The predicted octanol–water partition coefficient (Wildman–Crippen LogP) is 2.55. The van der Waals surface area contributed by atoms with Gasteiger partial charge in [-0.3, -0.25) is 4.79 Å². The second-order valence-corrected chi connectivity index (χ2v) is 8.24. The first kappa shape index (κ1) is 19.3. The number of carbonyl (C=O) groups excluding carboxylic acids is 1. The van der Waals surface area contributed by atoms with Crippen molar-refractivity contribution in [2.24, 2.45) is 0 Å². The van der Waals surface area contributed by atoms with Gasteiger partial charge in [-0.1, -0.05) is 12.1 Å². The smallest absolute Gasteiger partial charge is 0.253 e. The Bertz CT molecular complexity index is 958. The van der Waals surface area contributed by atoms with E-state index in [9.17, 15) is 17.6 Å². The fourth-order valence-electron chi connectivity index (χ4n) is 2.66. The van der Waals surface area contributed by atoms with Crippen LogP contribution in [0.1, 0.15) is 28.8 Å². The lowest BCUT2D eigenvalue weighted by molar-refractivity contribution is 0.0784. The summed E-state index contributed by atoms with van der Waals surface area (Å²) in [6.07, 6.45) is 1.48. The third kappa shape index (κ3) is 4.64. The number of hydrogen-bond acceptors (Lipinski definition) is 4. The predicted molar refractivity (Wildman–Crippen MR) is 98.5 cm³/mol. The molecule has 0 spiro atoms. The molecule has 0 unspecified atom stereocenters. The molecular weight excluding hydrogens is 371 g/mol. The zero-order valence-electron chi connectivity index (χ0n) is 15.1. The highest BCUT2D eigenvalue weighted by molar-refractivity contribution is 7.89. The molecule has 1 N–H and O–H groups in total. The number of rotatable bonds is 7. The van der Waals surface area contributed by atoms with Gasteiger partial charge in [0.2, 0.25) is 10.0 Å². The monoisotopic (exact) mass is 392 g/mol. The molecule has 1 aliphatic carbocycles. The molecule has 27 heavy (non-hydrogen) atoms. The van der Waals surface area contributed by atoms with Crippen molar-refractivity contribution in [3.63, 3.8) is 0 Å². The lowest BCUT2D eigenvalue weighted by atomic mass is 10.1. The molecule has 0 aliphatic heterocycles. The van der Waals surface area contributed by atoms with Gasteiger partial charge in [0.15, 0.2) is 0 Å². The van der Waals surface area contributed by atoms with Gasteiger partial charge < -0.3 is 9.64 Å². The van der Waals surface area contributed by atoms with Crippen molar-refractivity contribution in [2.75, 3.05) is 14.2 Å². The summed E-state index contributed by atoms with van der Waals surface area (Å²) in [7, 11) is -0.831. The minimum atomic E-state index is -3.99. The molecule has 2 aromatic rings. The van der Waals surface area contributed by atoms with E-state index in [4.69, 9.17) is 4.74 Å². The van der Waals surface area contributed by atoms with E-state index in [0.29, 0.717) is 12.3 Å². The fraction of sp³-hybridized carbons (Fsp3) is 0.316. The summed E-state index contributed by atoms with van der Waals surface area (Å²) in [5, 5.41) is 0. The first-order chi connectivity index (χ1) is 12.8. The zero-order chi connectivity index (χ0) is 19.6. The molecule has 8 heteroatoms. The van der Waals surface area contributed by atoms with Crippen molar-refractivity contribution in [3.8, 4) is 5.75 Å². The van der Waals surface area contributed by atoms with Crippen LogP contribution in [0.5, 0.6) is 5.75 Å². The van der Waals surface area contributed by atoms with E-state index < -0.39 is 26.6 Å². The average molecular weight is 392 g/mol. The maximum atomic E-state index is 14.1. The Morgan fingerprint density at radius 3 is 2.67 bits per heavy atom. The Balaban J connectivity index is 1.80. The molecule has 0 radical (unpaired) electrons. The molecule has 2 aromatic carbocycles. The molecule has 0 atom stereocenters. The molecule has 0 heterocycles. The normalized spacial score (nSPS) is 14.0. The summed E-state index contributed by atoms with van der Waals surface area (Å²) in [6.45, 7) is 0.301. The van der Waals surface area contributed by atoms with E-state index in [1.54, 1.807) is 20.2 Å². The average Bonchev–Trinajstić information content (AvgIpc) is 3.44. The number of amides is 1. The number of ether oxygens (including phenoxy) is 1. The number of sulfonamides is 1. The fourth-order valence-corrected chi connectivity index (χ4v) is 4.07. The number of hydrogen-bond donors (Lipinski definition) is 1. The van der Waals surface area contributed by atoms with Crippen molar-refractivity contribution in [3.05, 3.63) is 59.4 Å². The molecular formula is C19H21FN2O4S. The van der Waals surface area contributed by atoms with Crippen molar-refractivity contribution in [1.82, 2.24) is 9.62 Å². The van der Waals surface area contributed by atoms with Gasteiger partial charge in [-0.15, -0.1) is 0 Å². The highest BCUT2D eigenvalue weighted by Gasteiger charge is 2.30. The van der Waals surface area contributed by atoms with Crippen LogP contribution in [0.3, 0.4) is 0 Å². The van der Waals surface area contributed by atoms with Crippen LogP contribution >= 0.6 is 0 Å². The van der Waals surface area contributed by atoms with E-state index in [1.807, 2.05) is 18.2 Å². The third-order valence-corrected chi connectivity index (χ3v) is 5.80. The number of methoxy groups -OCH3 is 1. The lowest BCUT2D eigenvalue weighted by Gasteiger charge is -2.18. The maximum Gasteiger partial charge on any atom is 0.253 e. The SMILES string of the molecule is COc1cccc(CN(C)C(=O)c2ccc(F)c(S(=O)(=O)NC3CC3)c2)c1. The summed E-state index contributed by atoms with van der Waals surface area (Å²) in [6, 6.07) is 10.5. The van der Waals surface area contributed by atoms with Gasteiger partial charge in [0.05, 0.1) is 7.11 Å². The molecule has 1 amide bonds. The minimum absolute atomic E-state index is 0.109. The molecule has 144 valence electrons. The molecule has 1 saturated carbocycles. The van der Waals surface area contributed by atoms with Crippen LogP contribution in [-0.4, -0.2) is 39.4 Å². The summed E-state index contributed by atoms with van der Waals surface area (Å²) in [5.74, 6) is -0.606. The molecule has 0 aromatic heterocycles. The molecule has 6 nitrogen and oxygen atoms in total. The summed E-state index contributed by atoms with van der Waals surface area (Å²) < 4.78 is 46.3. The van der Waals surface area contributed by atoms with E-state index in [1.165, 1.54) is 11.0 Å². The van der Waals surface area contributed by atoms with Gasteiger partial charge >= 0.3 is 0 Å². The Morgan fingerprint density at radius 2 is 2.00 bits per heavy atom. The second kappa shape index (κ2) is 7.66. The van der Waals surface area contributed by atoms with Crippen molar-refractivity contribution >= 4 is 15.9 Å². The maximum absolute atomic E-state index is 14.1. The molecule has 0 bridgehead atoms. The summed E-state index contributed by atoms with van der Waals surface area (Å²) in [4.78, 5) is 13.6. The topological polar surface area (TPSA) is 75.7 Å². The van der Waals surface area contributed by atoms with Crippen LogP contribution < -0.4 is 9.46 Å². The van der Waals surface area contributed by atoms with Gasteiger partial charge in [-0.05, 0) is 48.7 Å². The Kier molecular flexibility index (Phi) is 5.48. The minimum Gasteiger partial charge on any atom is -0.497 e. The van der Waals surface area contributed by atoms with Crippen LogP contribution in [0, 0.1) is 5.82 Å². The number of nitrogens with one attached hydrogen (secondary N) is 1. The van der Waals surface area contributed by atoms with Crippen LogP contribution in [0.2, 0.25) is 0 Å². The van der Waals surface area contributed by atoms with Gasteiger partial charge in [-0.25, -0.2) is 17.5 Å². The summed E-state index contributed by atoms with van der Waals surface area (Å²) >= 11 is 0.